The van der Waals surface area contributed by atoms with Crippen molar-refractivity contribution in [3.05, 3.63) is 11.6 Å². The zero-order valence-electron chi connectivity index (χ0n) is 19.2. The highest BCUT2D eigenvalue weighted by atomic mass is 16.2. The maximum atomic E-state index is 12.6. The van der Waals surface area contributed by atoms with Crippen LogP contribution in [0.15, 0.2) is 4.99 Å². The van der Waals surface area contributed by atoms with E-state index in [0.717, 1.165) is 69.7 Å². The number of likely N-dealkylation sites (tertiary alicyclic amines) is 1. The van der Waals surface area contributed by atoms with Gasteiger partial charge < -0.3 is 19.7 Å². The van der Waals surface area contributed by atoms with E-state index in [9.17, 15) is 4.79 Å². The van der Waals surface area contributed by atoms with Crippen LogP contribution in [0.3, 0.4) is 0 Å². The van der Waals surface area contributed by atoms with Gasteiger partial charge in [-0.3, -0.25) is 9.69 Å². The molecule has 4 rings (SSSR count). The zero-order valence-corrected chi connectivity index (χ0v) is 19.2. The lowest BCUT2D eigenvalue weighted by atomic mass is 10.1. The van der Waals surface area contributed by atoms with Crippen LogP contribution >= 0.6 is 0 Å². The maximum absolute atomic E-state index is 12.6. The van der Waals surface area contributed by atoms with Gasteiger partial charge in [0.05, 0.1) is 6.54 Å². The number of hydrogen-bond acceptors (Lipinski definition) is 5. The summed E-state index contributed by atoms with van der Waals surface area (Å²) >= 11 is 0. The number of guanidine groups is 1. The van der Waals surface area contributed by atoms with Crippen LogP contribution in [-0.4, -0.2) is 93.2 Å². The van der Waals surface area contributed by atoms with E-state index >= 15 is 0 Å². The summed E-state index contributed by atoms with van der Waals surface area (Å²) in [5.74, 6) is 3.06. The Morgan fingerprint density at radius 2 is 1.68 bits per heavy atom. The average molecular weight is 431 g/mol. The molecule has 0 spiro atoms. The van der Waals surface area contributed by atoms with Crippen LogP contribution in [0, 0.1) is 6.92 Å². The van der Waals surface area contributed by atoms with Gasteiger partial charge in [-0.2, -0.15) is 0 Å². The fraction of sp³-hybridized carbons (Fsp3) is 0.818. The molecule has 0 unspecified atom stereocenters. The largest absolute Gasteiger partial charge is 0.353 e. The van der Waals surface area contributed by atoms with Crippen molar-refractivity contribution in [2.75, 3.05) is 45.8 Å². The molecular weight excluding hydrogens is 392 g/mol. The Hall–Kier alpha value is -2.16. The molecule has 3 heterocycles. The van der Waals surface area contributed by atoms with E-state index in [1.807, 2.05) is 23.4 Å². The van der Waals surface area contributed by atoms with Gasteiger partial charge in [0.1, 0.15) is 12.4 Å². The summed E-state index contributed by atoms with van der Waals surface area (Å²) in [5.41, 5.74) is 0. The lowest BCUT2D eigenvalue weighted by Crippen LogP contribution is -2.55. The predicted octanol–water partition coefficient (Wildman–Crippen LogP) is 1.14. The molecular formula is C22H38N8O. The first-order chi connectivity index (χ1) is 15.1. The van der Waals surface area contributed by atoms with Crippen molar-refractivity contribution < 1.29 is 4.79 Å². The maximum Gasteiger partial charge on any atom is 0.236 e. The number of piperazine rings is 1. The summed E-state index contributed by atoms with van der Waals surface area (Å²) in [5, 5.41) is 12.1. The van der Waals surface area contributed by atoms with Crippen molar-refractivity contribution in [1.82, 2.24) is 34.8 Å². The van der Waals surface area contributed by atoms with Crippen LogP contribution in [0.4, 0.5) is 0 Å². The number of hydrogen-bond donors (Lipinski definition) is 1. The first-order valence-corrected chi connectivity index (χ1v) is 12.0. The van der Waals surface area contributed by atoms with Gasteiger partial charge >= 0.3 is 0 Å². The van der Waals surface area contributed by atoms with Gasteiger partial charge in [0, 0.05) is 52.4 Å². The van der Waals surface area contributed by atoms with Crippen LogP contribution in [0.1, 0.15) is 56.6 Å². The fourth-order valence-corrected chi connectivity index (χ4v) is 4.78. The van der Waals surface area contributed by atoms with Gasteiger partial charge in [-0.1, -0.05) is 12.8 Å². The third kappa shape index (κ3) is 5.75. The highest BCUT2D eigenvalue weighted by Crippen LogP contribution is 2.18. The summed E-state index contributed by atoms with van der Waals surface area (Å²) in [6, 6.07) is 0.513. The number of piperidine rings is 1. The Balaban J connectivity index is 1.34. The van der Waals surface area contributed by atoms with Crippen molar-refractivity contribution >= 4 is 11.9 Å². The number of nitrogens with zero attached hydrogens (tertiary/aromatic N) is 7. The van der Waals surface area contributed by atoms with Crippen molar-refractivity contribution in [2.24, 2.45) is 12.0 Å². The highest BCUT2D eigenvalue weighted by Gasteiger charge is 2.26. The lowest BCUT2D eigenvalue weighted by molar-refractivity contribution is -0.133. The van der Waals surface area contributed by atoms with Gasteiger partial charge in [0.15, 0.2) is 11.8 Å². The molecule has 2 aliphatic heterocycles. The molecule has 0 atom stereocenters. The van der Waals surface area contributed by atoms with E-state index in [1.54, 1.807) is 0 Å². The first kappa shape index (κ1) is 22.0. The molecule has 1 amide bonds. The lowest BCUT2D eigenvalue weighted by Gasteiger charge is -2.38. The summed E-state index contributed by atoms with van der Waals surface area (Å²) in [6.45, 7) is 8.48. The predicted molar refractivity (Wildman–Crippen MR) is 121 cm³/mol. The molecule has 3 aliphatic rings. The van der Waals surface area contributed by atoms with Crippen LogP contribution in [0.5, 0.6) is 0 Å². The second-order valence-electron chi connectivity index (χ2n) is 9.19. The highest BCUT2D eigenvalue weighted by molar-refractivity contribution is 5.81. The molecule has 1 aromatic heterocycles. The standard InChI is InChI=1S/C22H38N8O/c1-18-25-26-20(27(18)2)16-23-22(24-19-8-4-5-9-19)30-14-12-28(13-15-30)17-21(31)29-10-6-3-7-11-29/h19H,3-17H2,1-2H3,(H,23,24). The monoisotopic (exact) mass is 430 g/mol. The number of aryl methyl sites for hydroxylation is 1. The first-order valence-electron chi connectivity index (χ1n) is 12.0. The normalized spacial score (nSPS) is 21.7. The van der Waals surface area contributed by atoms with Gasteiger partial charge in [-0.25, -0.2) is 4.99 Å². The zero-order chi connectivity index (χ0) is 21.6. The van der Waals surface area contributed by atoms with Gasteiger partial charge in [-0.05, 0) is 39.0 Å². The van der Waals surface area contributed by atoms with Crippen LogP contribution < -0.4 is 5.32 Å². The van der Waals surface area contributed by atoms with Crippen LogP contribution in [-0.2, 0) is 18.4 Å². The van der Waals surface area contributed by atoms with Gasteiger partial charge in [-0.15, -0.1) is 10.2 Å². The molecule has 2 saturated heterocycles. The molecule has 3 fully saturated rings. The van der Waals surface area contributed by atoms with Crippen molar-refractivity contribution in [3.63, 3.8) is 0 Å². The Kier molecular flexibility index (Phi) is 7.42. The minimum Gasteiger partial charge on any atom is -0.353 e. The number of aromatic nitrogens is 3. The molecule has 0 bridgehead atoms. The molecule has 172 valence electrons. The van der Waals surface area contributed by atoms with E-state index in [1.165, 1.54) is 32.1 Å². The molecule has 1 N–H and O–H groups in total. The Morgan fingerprint density at radius 1 is 0.968 bits per heavy atom. The molecule has 0 radical (unpaired) electrons. The molecule has 1 aliphatic carbocycles. The quantitative estimate of drug-likeness (QED) is 0.557. The Labute approximate surface area is 185 Å². The molecule has 1 aromatic rings. The molecule has 1 saturated carbocycles. The summed E-state index contributed by atoms with van der Waals surface area (Å²) in [4.78, 5) is 24.3. The second-order valence-corrected chi connectivity index (χ2v) is 9.19. The number of nitrogens with one attached hydrogen (secondary N) is 1. The summed E-state index contributed by atoms with van der Waals surface area (Å²) in [7, 11) is 1.99. The topological polar surface area (TPSA) is 81.9 Å². The molecule has 9 heteroatoms. The number of aliphatic imine (C=N–C) groups is 1. The van der Waals surface area contributed by atoms with Crippen molar-refractivity contribution in [2.45, 2.75) is 64.5 Å². The summed E-state index contributed by atoms with van der Waals surface area (Å²) in [6.07, 6.45) is 8.57. The van der Waals surface area contributed by atoms with Gasteiger partial charge in [0.25, 0.3) is 0 Å². The van der Waals surface area contributed by atoms with Crippen molar-refractivity contribution in [3.8, 4) is 0 Å². The number of amides is 1. The van der Waals surface area contributed by atoms with Crippen molar-refractivity contribution in [1.29, 1.82) is 0 Å². The molecule has 9 nitrogen and oxygen atoms in total. The minimum absolute atomic E-state index is 0.295. The van der Waals surface area contributed by atoms with E-state index in [4.69, 9.17) is 4.99 Å². The fourth-order valence-electron chi connectivity index (χ4n) is 4.78. The molecule has 31 heavy (non-hydrogen) atoms. The van der Waals surface area contributed by atoms with E-state index in [0.29, 0.717) is 25.0 Å². The third-order valence-electron chi connectivity index (χ3n) is 6.98. The second kappa shape index (κ2) is 10.4. The summed E-state index contributed by atoms with van der Waals surface area (Å²) < 4.78 is 2.00. The third-order valence-corrected chi connectivity index (χ3v) is 6.98. The number of rotatable bonds is 5. The van der Waals surface area contributed by atoms with Crippen LogP contribution in [0.25, 0.3) is 0 Å². The number of carbonyl (C=O) groups is 1. The Bertz CT molecular complexity index is 756. The number of carbonyl (C=O) groups excluding carboxylic acids is 1. The Morgan fingerprint density at radius 3 is 2.32 bits per heavy atom. The average Bonchev–Trinajstić information content (AvgIpc) is 3.42. The van der Waals surface area contributed by atoms with E-state index < -0.39 is 0 Å². The van der Waals surface area contributed by atoms with E-state index in [-0.39, 0.29) is 0 Å². The SMILES string of the molecule is Cc1nnc(CN=C(NC2CCCC2)N2CCN(CC(=O)N3CCCCC3)CC2)n1C. The smallest absolute Gasteiger partial charge is 0.236 e. The van der Waals surface area contributed by atoms with E-state index in [2.05, 4.69) is 25.3 Å². The molecule has 0 aromatic carbocycles. The van der Waals surface area contributed by atoms with Gasteiger partial charge in [0.2, 0.25) is 5.91 Å². The minimum atomic E-state index is 0.295. The van der Waals surface area contributed by atoms with Crippen LogP contribution in [0.2, 0.25) is 0 Å².